The first kappa shape index (κ1) is 12.3. The number of thiophene rings is 1. The van der Waals surface area contributed by atoms with Gasteiger partial charge in [0.2, 0.25) is 5.91 Å². The van der Waals surface area contributed by atoms with Crippen molar-refractivity contribution in [1.82, 2.24) is 4.90 Å². The maximum absolute atomic E-state index is 11.9. The zero-order chi connectivity index (χ0) is 12.3. The van der Waals surface area contributed by atoms with Crippen LogP contribution in [0.3, 0.4) is 0 Å². The first-order chi connectivity index (χ1) is 8.20. The molecule has 1 atom stereocenters. The number of hydrogen-bond acceptors (Lipinski definition) is 3. The Labute approximate surface area is 105 Å². The number of rotatable bonds is 3. The van der Waals surface area contributed by atoms with Crippen LogP contribution in [0.5, 0.6) is 0 Å². The van der Waals surface area contributed by atoms with Gasteiger partial charge in [-0.1, -0.05) is 0 Å². The van der Waals surface area contributed by atoms with E-state index in [9.17, 15) is 4.79 Å². The van der Waals surface area contributed by atoms with Crippen molar-refractivity contribution in [2.45, 2.75) is 25.8 Å². The second-order valence-corrected chi connectivity index (χ2v) is 5.61. The Hall–Kier alpha value is -1.13. The van der Waals surface area contributed by atoms with E-state index in [2.05, 4.69) is 0 Å². The molecule has 0 aliphatic carbocycles. The zero-order valence-electron chi connectivity index (χ0n) is 9.93. The number of aryl methyl sites for hydroxylation is 1. The summed E-state index contributed by atoms with van der Waals surface area (Å²) in [5.74, 6) is 0.00704. The zero-order valence-corrected chi connectivity index (χ0v) is 10.7. The van der Waals surface area contributed by atoms with Crippen LogP contribution in [-0.4, -0.2) is 35.1 Å². The van der Waals surface area contributed by atoms with E-state index in [0.717, 1.165) is 24.3 Å². The molecule has 0 bridgehead atoms. The Balaban J connectivity index is 1.99. The van der Waals surface area contributed by atoms with E-state index in [0.29, 0.717) is 0 Å². The van der Waals surface area contributed by atoms with Gasteiger partial charge in [0.05, 0.1) is 12.6 Å². The fourth-order valence-electron chi connectivity index (χ4n) is 2.11. The fraction of sp³-hybridized carbons (Fsp3) is 0.462. The molecule has 0 aromatic carbocycles. The van der Waals surface area contributed by atoms with Crippen LogP contribution in [0.4, 0.5) is 0 Å². The van der Waals surface area contributed by atoms with Crippen molar-refractivity contribution in [3.63, 3.8) is 0 Å². The van der Waals surface area contributed by atoms with E-state index in [4.69, 9.17) is 5.11 Å². The summed E-state index contributed by atoms with van der Waals surface area (Å²) in [5.41, 5.74) is 0. The molecule has 1 aromatic rings. The minimum atomic E-state index is 0.00704. The third-order valence-electron chi connectivity index (χ3n) is 3.02. The molecule has 4 heteroatoms. The summed E-state index contributed by atoms with van der Waals surface area (Å²) in [7, 11) is 0. The highest BCUT2D eigenvalue weighted by Crippen LogP contribution is 2.19. The van der Waals surface area contributed by atoms with Gasteiger partial charge in [-0.05, 0) is 38.0 Å². The van der Waals surface area contributed by atoms with Crippen LogP contribution < -0.4 is 0 Å². The summed E-state index contributed by atoms with van der Waals surface area (Å²) in [5, 5.41) is 9.16. The molecule has 92 valence electrons. The molecule has 1 aliphatic heterocycles. The number of aliphatic hydroxyl groups excluding tert-OH is 1. The SMILES string of the molecule is Cc1ccc(C=CC(=O)N2CCC[C@H]2CO)s1. The highest BCUT2D eigenvalue weighted by molar-refractivity contribution is 7.12. The number of hydrogen-bond donors (Lipinski definition) is 1. The maximum Gasteiger partial charge on any atom is 0.246 e. The van der Waals surface area contributed by atoms with E-state index in [-0.39, 0.29) is 18.6 Å². The molecule has 1 saturated heterocycles. The quantitative estimate of drug-likeness (QED) is 0.835. The molecule has 1 N–H and O–H groups in total. The minimum absolute atomic E-state index is 0.00704. The van der Waals surface area contributed by atoms with Gasteiger partial charge in [-0.15, -0.1) is 11.3 Å². The van der Waals surface area contributed by atoms with Crippen molar-refractivity contribution in [3.05, 3.63) is 28.0 Å². The van der Waals surface area contributed by atoms with Crippen molar-refractivity contribution in [1.29, 1.82) is 0 Å². The standard InChI is InChI=1S/C13H17NO2S/c1-10-4-5-12(17-10)6-7-13(16)14-8-2-3-11(14)9-15/h4-7,11,15H,2-3,8-9H2,1H3/t11-/m0/s1. The van der Waals surface area contributed by atoms with Crippen molar-refractivity contribution < 1.29 is 9.90 Å². The van der Waals surface area contributed by atoms with Gasteiger partial charge < -0.3 is 10.0 Å². The molecule has 1 aliphatic rings. The lowest BCUT2D eigenvalue weighted by Crippen LogP contribution is -2.36. The summed E-state index contributed by atoms with van der Waals surface area (Å²) >= 11 is 1.67. The van der Waals surface area contributed by atoms with Gasteiger partial charge in [0.25, 0.3) is 0 Å². The van der Waals surface area contributed by atoms with Gasteiger partial charge in [0.1, 0.15) is 0 Å². The van der Waals surface area contributed by atoms with Crippen molar-refractivity contribution >= 4 is 23.3 Å². The second-order valence-electron chi connectivity index (χ2n) is 4.29. The van der Waals surface area contributed by atoms with Gasteiger partial charge >= 0.3 is 0 Å². The Morgan fingerprint density at radius 3 is 3.12 bits per heavy atom. The molecule has 1 aromatic heterocycles. The number of amides is 1. The molecule has 0 unspecified atom stereocenters. The summed E-state index contributed by atoms with van der Waals surface area (Å²) < 4.78 is 0. The third kappa shape index (κ3) is 2.96. The maximum atomic E-state index is 11.9. The molecule has 17 heavy (non-hydrogen) atoms. The van der Waals surface area contributed by atoms with Crippen LogP contribution in [0.15, 0.2) is 18.2 Å². The highest BCUT2D eigenvalue weighted by atomic mass is 32.1. The lowest BCUT2D eigenvalue weighted by Gasteiger charge is -2.21. The topological polar surface area (TPSA) is 40.5 Å². The predicted octanol–water partition coefficient (Wildman–Crippen LogP) is 2.05. The van der Waals surface area contributed by atoms with Crippen LogP contribution >= 0.6 is 11.3 Å². The van der Waals surface area contributed by atoms with Crippen molar-refractivity contribution in [2.24, 2.45) is 0 Å². The Kier molecular flexibility index (Phi) is 3.97. The Bertz CT molecular complexity index is 425. The van der Waals surface area contributed by atoms with Crippen LogP contribution in [0.25, 0.3) is 6.08 Å². The van der Waals surface area contributed by atoms with E-state index >= 15 is 0 Å². The van der Waals surface area contributed by atoms with Crippen LogP contribution in [0, 0.1) is 6.92 Å². The first-order valence-corrected chi connectivity index (χ1v) is 6.68. The summed E-state index contributed by atoms with van der Waals surface area (Å²) in [6.45, 7) is 2.88. The average Bonchev–Trinajstić information content (AvgIpc) is 2.94. The van der Waals surface area contributed by atoms with Crippen LogP contribution in [0.1, 0.15) is 22.6 Å². The number of carbonyl (C=O) groups excluding carboxylic acids is 1. The first-order valence-electron chi connectivity index (χ1n) is 5.86. The molecule has 2 rings (SSSR count). The summed E-state index contributed by atoms with van der Waals surface area (Å²) in [6, 6.07) is 4.07. The fourth-order valence-corrected chi connectivity index (χ4v) is 2.89. The molecule has 1 amide bonds. The smallest absolute Gasteiger partial charge is 0.246 e. The van der Waals surface area contributed by atoms with Gasteiger partial charge in [-0.25, -0.2) is 0 Å². The van der Waals surface area contributed by atoms with E-state index in [1.807, 2.05) is 25.1 Å². The van der Waals surface area contributed by atoms with Gasteiger partial charge in [-0.2, -0.15) is 0 Å². The molecular formula is C13H17NO2S. The van der Waals surface area contributed by atoms with Gasteiger partial charge in [-0.3, -0.25) is 4.79 Å². The van der Waals surface area contributed by atoms with Crippen molar-refractivity contribution in [2.75, 3.05) is 13.2 Å². The molecule has 3 nitrogen and oxygen atoms in total. The van der Waals surface area contributed by atoms with Gasteiger partial charge in [0, 0.05) is 22.4 Å². The number of carbonyl (C=O) groups is 1. The lowest BCUT2D eigenvalue weighted by atomic mass is 10.2. The average molecular weight is 251 g/mol. The minimum Gasteiger partial charge on any atom is -0.394 e. The molecule has 0 spiro atoms. The lowest BCUT2D eigenvalue weighted by molar-refractivity contribution is -0.127. The summed E-state index contributed by atoms with van der Waals surface area (Å²) in [4.78, 5) is 16.0. The number of aliphatic hydroxyl groups is 1. The molecule has 0 radical (unpaired) electrons. The molecule has 0 saturated carbocycles. The van der Waals surface area contributed by atoms with E-state index in [1.54, 1.807) is 22.3 Å². The van der Waals surface area contributed by atoms with Crippen LogP contribution in [0.2, 0.25) is 0 Å². The largest absolute Gasteiger partial charge is 0.394 e. The van der Waals surface area contributed by atoms with E-state index < -0.39 is 0 Å². The number of likely N-dealkylation sites (tertiary alicyclic amines) is 1. The monoisotopic (exact) mass is 251 g/mol. The normalized spacial score (nSPS) is 20.4. The predicted molar refractivity (Wildman–Crippen MR) is 69.9 cm³/mol. The summed E-state index contributed by atoms with van der Waals surface area (Å²) in [6.07, 6.45) is 5.36. The highest BCUT2D eigenvalue weighted by Gasteiger charge is 2.26. The molecule has 2 heterocycles. The Morgan fingerprint density at radius 2 is 2.47 bits per heavy atom. The van der Waals surface area contributed by atoms with Gasteiger partial charge in [0.15, 0.2) is 0 Å². The van der Waals surface area contributed by atoms with Crippen LogP contribution in [-0.2, 0) is 4.79 Å². The molecule has 1 fully saturated rings. The second kappa shape index (κ2) is 5.47. The number of nitrogens with zero attached hydrogens (tertiary/aromatic N) is 1. The van der Waals surface area contributed by atoms with E-state index in [1.165, 1.54) is 4.88 Å². The third-order valence-corrected chi connectivity index (χ3v) is 3.99. The molecular weight excluding hydrogens is 234 g/mol. The van der Waals surface area contributed by atoms with Crippen molar-refractivity contribution in [3.8, 4) is 0 Å². The Morgan fingerprint density at radius 1 is 1.65 bits per heavy atom.